The second-order valence-electron chi connectivity index (χ2n) is 10.3. The third-order valence-electron chi connectivity index (χ3n) is 5.67. The lowest BCUT2D eigenvalue weighted by molar-refractivity contribution is -0.139. The molecule has 0 aromatic carbocycles. The maximum Gasteiger partial charge on any atom is 0.389 e. The van der Waals surface area contributed by atoms with Crippen molar-refractivity contribution in [1.82, 2.24) is 0 Å². The largest absolute Gasteiger partial charge is 0.462 e. The van der Waals surface area contributed by atoms with Crippen LogP contribution in [0, 0.1) is 0 Å². The summed E-state index contributed by atoms with van der Waals surface area (Å²) in [5, 5.41) is 0. The Morgan fingerprint density at radius 1 is 0.641 bits per heavy atom. The molecule has 0 saturated carbocycles. The number of carbonyl (C=O) groups is 1. The van der Waals surface area contributed by atoms with Gasteiger partial charge >= 0.3 is 58.7 Å². The van der Waals surface area contributed by atoms with Crippen molar-refractivity contribution >= 4 is 40.2 Å². The second kappa shape index (κ2) is 13.1. The van der Waals surface area contributed by atoms with Gasteiger partial charge in [-0.2, -0.15) is 39.5 Å². The van der Waals surface area contributed by atoms with Crippen LogP contribution in [0.4, 0.5) is 39.5 Å². The standard InChI is InChI=1S/C20H35F9O6Si4/c1-16(2)17(30)31-11-7-12-36(3)32-37(4,13-8-18(21,22)23)34-39(6,15-10-20(27,28)29)35-38(5,33-36)14-9-19(24,25)26/h1,7-15H2,2-6H3. The minimum atomic E-state index is -4.66. The van der Waals surface area contributed by atoms with Crippen molar-refractivity contribution in [3.05, 3.63) is 12.2 Å². The number of alkyl halides is 9. The predicted octanol–water partition coefficient (Wildman–Crippen LogP) is 7.72. The van der Waals surface area contributed by atoms with Gasteiger partial charge in [-0.3, -0.25) is 0 Å². The van der Waals surface area contributed by atoms with Crippen molar-refractivity contribution < 1.29 is 65.5 Å². The second-order valence-corrected chi connectivity index (χ2v) is 24.6. The molecule has 0 aromatic heterocycles. The fourth-order valence-corrected chi connectivity index (χ4v) is 27.2. The van der Waals surface area contributed by atoms with Gasteiger partial charge in [0.2, 0.25) is 0 Å². The molecule has 1 aliphatic rings. The molecule has 2 atom stereocenters. The van der Waals surface area contributed by atoms with Crippen LogP contribution in [-0.2, 0) is 26.0 Å². The molecule has 6 nitrogen and oxygen atoms in total. The van der Waals surface area contributed by atoms with Gasteiger partial charge in [0.15, 0.2) is 0 Å². The average Bonchev–Trinajstić information content (AvgIpc) is 2.70. The third kappa shape index (κ3) is 14.7. The summed E-state index contributed by atoms with van der Waals surface area (Å²) in [6, 6.07) is -2.10. The molecule has 0 aromatic rings. The van der Waals surface area contributed by atoms with E-state index in [0.717, 1.165) is 0 Å². The number of rotatable bonds is 11. The number of carbonyl (C=O) groups excluding carboxylic acids is 1. The van der Waals surface area contributed by atoms with E-state index in [4.69, 9.17) is 21.2 Å². The predicted molar refractivity (Wildman–Crippen MR) is 132 cm³/mol. The van der Waals surface area contributed by atoms with E-state index < -0.39 is 96.1 Å². The highest BCUT2D eigenvalue weighted by Gasteiger charge is 2.58. The highest BCUT2D eigenvalue weighted by Crippen LogP contribution is 2.42. The Hall–Kier alpha value is -0.712. The molecule has 2 unspecified atom stereocenters. The fraction of sp³-hybridized carbons (Fsp3) is 0.850. The van der Waals surface area contributed by atoms with Crippen LogP contribution in [0.3, 0.4) is 0 Å². The summed E-state index contributed by atoms with van der Waals surface area (Å²) in [5.41, 5.74) is 0.126. The van der Waals surface area contributed by atoms with Crippen molar-refractivity contribution in [2.24, 2.45) is 0 Å². The Morgan fingerprint density at radius 3 is 1.18 bits per heavy atom. The fourth-order valence-electron chi connectivity index (χ4n) is 4.11. The van der Waals surface area contributed by atoms with Gasteiger partial charge in [-0.25, -0.2) is 4.79 Å². The molecule has 1 rings (SSSR count). The van der Waals surface area contributed by atoms with Gasteiger partial charge in [-0.15, -0.1) is 0 Å². The molecular formula is C20H35F9O6Si4. The van der Waals surface area contributed by atoms with E-state index in [1.54, 1.807) is 0 Å². The molecule has 0 N–H and O–H groups in total. The van der Waals surface area contributed by atoms with Crippen LogP contribution in [0.25, 0.3) is 0 Å². The first kappa shape index (κ1) is 36.3. The maximum atomic E-state index is 13.1. The van der Waals surface area contributed by atoms with E-state index in [1.807, 2.05) is 0 Å². The van der Waals surface area contributed by atoms with Gasteiger partial charge < -0.3 is 21.2 Å². The normalized spacial score (nSPS) is 30.9. The molecule has 1 fully saturated rings. The summed E-state index contributed by atoms with van der Waals surface area (Å²) in [6.45, 7) is 9.89. The van der Waals surface area contributed by atoms with Gasteiger partial charge in [0.05, 0.1) is 6.61 Å². The number of hydrogen-bond acceptors (Lipinski definition) is 6. The number of halogens is 9. The maximum absolute atomic E-state index is 13.1. The zero-order valence-corrected chi connectivity index (χ0v) is 26.4. The van der Waals surface area contributed by atoms with Gasteiger partial charge in [0, 0.05) is 24.8 Å². The van der Waals surface area contributed by atoms with Crippen LogP contribution in [-0.4, -0.2) is 65.3 Å². The van der Waals surface area contributed by atoms with E-state index in [1.165, 1.54) is 33.1 Å². The average molecular weight is 655 g/mol. The van der Waals surface area contributed by atoms with Crippen LogP contribution < -0.4 is 0 Å². The number of esters is 1. The van der Waals surface area contributed by atoms with Gasteiger partial charge in [0.1, 0.15) is 0 Å². The van der Waals surface area contributed by atoms with Crippen LogP contribution in [0.1, 0.15) is 32.6 Å². The molecule has 1 heterocycles. The summed E-state index contributed by atoms with van der Waals surface area (Å²) in [7, 11) is -15.6. The molecule has 1 aliphatic heterocycles. The van der Waals surface area contributed by atoms with Crippen LogP contribution in [0.2, 0.25) is 50.4 Å². The van der Waals surface area contributed by atoms with E-state index in [-0.39, 0.29) is 24.6 Å². The van der Waals surface area contributed by atoms with Crippen molar-refractivity contribution in [2.45, 2.75) is 102 Å². The Labute approximate surface area is 226 Å². The minimum Gasteiger partial charge on any atom is -0.462 e. The quantitative estimate of drug-likeness (QED) is 0.0748. The summed E-state index contributed by atoms with van der Waals surface area (Å²) >= 11 is 0. The molecule has 0 radical (unpaired) electrons. The first-order valence-corrected chi connectivity index (χ1v) is 22.2. The zero-order chi connectivity index (χ0) is 30.6. The summed E-state index contributed by atoms with van der Waals surface area (Å²) < 4.78 is 148. The highest BCUT2D eigenvalue weighted by molar-refractivity contribution is 6.93. The molecule has 230 valence electrons. The topological polar surface area (TPSA) is 63.2 Å². The number of ether oxygens (including phenoxy) is 1. The van der Waals surface area contributed by atoms with E-state index in [0.29, 0.717) is 0 Å². The molecule has 1 saturated heterocycles. The molecule has 0 bridgehead atoms. The van der Waals surface area contributed by atoms with E-state index >= 15 is 0 Å². The number of hydrogen-bond donors (Lipinski definition) is 0. The van der Waals surface area contributed by atoms with Crippen molar-refractivity contribution in [3.63, 3.8) is 0 Å². The smallest absolute Gasteiger partial charge is 0.389 e. The monoisotopic (exact) mass is 654 g/mol. The molecule has 0 spiro atoms. The van der Waals surface area contributed by atoms with Gasteiger partial charge in [0.25, 0.3) is 0 Å². The van der Waals surface area contributed by atoms with Gasteiger partial charge in [-0.1, -0.05) is 6.58 Å². The molecule has 0 aliphatic carbocycles. The Kier molecular flexibility index (Phi) is 12.2. The van der Waals surface area contributed by atoms with E-state index in [9.17, 15) is 44.3 Å². The highest BCUT2D eigenvalue weighted by atomic mass is 28.5. The summed E-state index contributed by atoms with van der Waals surface area (Å²) in [4.78, 5) is 11.7. The van der Waals surface area contributed by atoms with E-state index in [2.05, 4.69) is 6.58 Å². The molecular weight excluding hydrogens is 620 g/mol. The van der Waals surface area contributed by atoms with Crippen molar-refractivity contribution in [2.75, 3.05) is 6.61 Å². The summed E-state index contributed by atoms with van der Waals surface area (Å²) in [5.74, 6) is -0.687. The summed E-state index contributed by atoms with van der Waals surface area (Å²) in [6.07, 6.45) is -17.9. The molecule has 19 heteroatoms. The van der Waals surface area contributed by atoms with Crippen LogP contribution in [0.15, 0.2) is 12.2 Å². The Balaban J connectivity index is 3.40. The SMILES string of the molecule is C=C(C)C(=O)OCCC[Si]1(C)O[Si](C)(CCC(F)(F)F)O[Si](C)(CCC(F)(F)F)O[Si](C)(CCC(F)(F)F)O1. The minimum absolute atomic E-state index is 0.00672. The lowest BCUT2D eigenvalue weighted by atomic mass is 10.4. The van der Waals surface area contributed by atoms with Crippen LogP contribution >= 0.6 is 0 Å². The first-order valence-electron chi connectivity index (χ1n) is 12.1. The molecule has 0 amide bonds. The third-order valence-corrected chi connectivity index (χ3v) is 24.2. The zero-order valence-electron chi connectivity index (χ0n) is 22.4. The lowest BCUT2D eigenvalue weighted by Crippen LogP contribution is -2.67. The van der Waals surface area contributed by atoms with Crippen LogP contribution in [0.5, 0.6) is 0 Å². The van der Waals surface area contributed by atoms with Crippen molar-refractivity contribution in [1.29, 1.82) is 0 Å². The Bertz CT molecular complexity index is 819. The first-order chi connectivity index (χ1) is 17.3. The van der Waals surface area contributed by atoms with Gasteiger partial charge in [-0.05, 0) is 63.7 Å². The molecule has 39 heavy (non-hydrogen) atoms. The lowest BCUT2D eigenvalue weighted by Gasteiger charge is -2.50. The van der Waals surface area contributed by atoms with Crippen molar-refractivity contribution in [3.8, 4) is 0 Å². The Morgan fingerprint density at radius 2 is 0.923 bits per heavy atom.